The number of aromatic nitrogens is 3. The van der Waals surface area contributed by atoms with Crippen LogP contribution in [0.5, 0.6) is 0 Å². The number of nitrogens with zero attached hydrogens (tertiary/aromatic N) is 3. The third kappa shape index (κ3) is 2.23. The number of fused-ring (bicyclic) bond motifs is 1. The van der Waals surface area contributed by atoms with Gasteiger partial charge in [-0.25, -0.2) is 23.1 Å². The van der Waals surface area contributed by atoms with Gasteiger partial charge in [0.1, 0.15) is 0 Å². The molecule has 2 N–H and O–H groups in total. The van der Waals surface area contributed by atoms with Crippen LogP contribution in [0.2, 0.25) is 5.02 Å². The molecule has 0 amide bonds. The highest BCUT2D eigenvalue weighted by Crippen LogP contribution is 2.26. The fraction of sp³-hybridized carbons (Fsp3) is 0. The highest BCUT2D eigenvalue weighted by molar-refractivity contribution is 7.91. The molecule has 3 aromatic rings. The van der Waals surface area contributed by atoms with Gasteiger partial charge in [-0.1, -0.05) is 35.1 Å². The SMILES string of the molecule is NS(=O)(=O)c1nn2c(-c3ccc(Cl)cc3)cnc2s1. The summed E-state index contributed by atoms with van der Waals surface area (Å²) in [6.45, 7) is 0. The van der Waals surface area contributed by atoms with Crippen LogP contribution in [0.3, 0.4) is 0 Å². The smallest absolute Gasteiger partial charge is 0.225 e. The normalized spacial score (nSPS) is 12.1. The van der Waals surface area contributed by atoms with Gasteiger partial charge in [0.2, 0.25) is 9.30 Å². The maximum Gasteiger partial charge on any atom is 0.267 e. The van der Waals surface area contributed by atoms with Gasteiger partial charge >= 0.3 is 0 Å². The van der Waals surface area contributed by atoms with Crippen LogP contribution < -0.4 is 5.14 Å². The number of benzene rings is 1. The Morgan fingerprint density at radius 1 is 1.26 bits per heavy atom. The Kier molecular flexibility index (Phi) is 2.82. The van der Waals surface area contributed by atoms with Crippen LogP contribution in [-0.4, -0.2) is 23.0 Å². The molecule has 6 nitrogen and oxygen atoms in total. The van der Waals surface area contributed by atoms with Crippen LogP contribution in [0.25, 0.3) is 16.2 Å². The average Bonchev–Trinajstić information content (AvgIpc) is 2.89. The number of hydrogen-bond acceptors (Lipinski definition) is 5. The molecule has 0 atom stereocenters. The van der Waals surface area contributed by atoms with Gasteiger partial charge in [0, 0.05) is 10.6 Å². The summed E-state index contributed by atoms with van der Waals surface area (Å²) in [6, 6.07) is 7.09. The lowest BCUT2D eigenvalue weighted by Crippen LogP contribution is -2.12. The largest absolute Gasteiger partial charge is 0.267 e. The second-order valence-electron chi connectivity index (χ2n) is 3.76. The minimum absolute atomic E-state index is 0.161. The Labute approximate surface area is 117 Å². The summed E-state index contributed by atoms with van der Waals surface area (Å²) in [5.74, 6) is 0. The quantitative estimate of drug-likeness (QED) is 0.780. The van der Waals surface area contributed by atoms with Gasteiger partial charge in [0.05, 0.1) is 11.9 Å². The van der Waals surface area contributed by atoms with Crippen molar-refractivity contribution in [1.82, 2.24) is 14.6 Å². The average molecular weight is 315 g/mol. The molecule has 0 spiro atoms. The number of hydrogen-bond donors (Lipinski definition) is 1. The Balaban J connectivity index is 2.20. The molecule has 0 unspecified atom stereocenters. The third-order valence-corrected chi connectivity index (χ3v) is 4.93. The van der Waals surface area contributed by atoms with Gasteiger partial charge in [-0.3, -0.25) is 0 Å². The van der Waals surface area contributed by atoms with Crippen LogP contribution in [-0.2, 0) is 10.0 Å². The molecule has 0 aliphatic rings. The van der Waals surface area contributed by atoms with Crippen molar-refractivity contribution >= 4 is 37.9 Å². The molecule has 9 heteroatoms. The molecule has 0 fully saturated rings. The first-order valence-corrected chi connectivity index (χ1v) is 7.82. The van der Waals surface area contributed by atoms with E-state index in [9.17, 15) is 8.42 Å². The minimum atomic E-state index is -3.81. The van der Waals surface area contributed by atoms with E-state index in [0.717, 1.165) is 16.9 Å². The zero-order valence-corrected chi connectivity index (χ0v) is 11.7. The van der Waals surface area contributed by atoms with Gasteiger partial charge in [0.15, 0.2) is 0 Å². The van der Waals surface area contributed by atoms with Crippen LogP contribution in [0.1, 0.15) is 0 Å². The van der Waals surface area contributed by atoms with E-state index in [1.54, 1.807) is 18.3 Å². The summed E-state index contributed by atoms with van der Waals surface area (Å²) in [5, 5.41) is 9.64. The van der Waals surface area contributed by atoms with Crippen molar-refractivity contribution in [3.63, 3.8) is 0 Å². The highest BCUT2D eigenvalue weighted by atomic mass is 35.5. The molecule has 0 aliphatic carbocycles. The summed E-state index contributed by atoms with van der Waals surface area (Å²) in [6.07, 6.45) is 1.62. The molecule has 0 saturated carbocycles. The van der Waals surface area contributed by atoms with E-state index in [0.29, 0.717) is 15.7 Å². The van der Waals surface area contributed by atoms with Crippen LogP contribution >= 0.6 is 22.9 Å². The lowest BCUT2D eigenvalue weighted by Gasteiger charge is -1.98. The van der Waals surface area contributed by atoms with Gasteiger partial charge in [-0.05, 0) is 12.1 Å². The predicted octanol–water partition coefficient (Wildman–Crippen LogP) is 1.76. The van der Waals surface area contributed by atoms with Gasteiger partial charge < -0.3 is 0 Å². The van der Waals surface area contributed by atoms with Gasteiger partial charge in [-0.15, -0.1) is 5.10 Å². The molecule has 0 bridgehead atoms. The van der Waals surface area contributed by atoms with Crippen LogP contribution in [0.15, 0.2) is 34.8 Å². The Bertz CT molecular complexity index is 851. The highest BCUT2D eigenvalue weighted by Gasteiger charge is 2.18. The van der Waals surface area contributed by atoms with Crippen molar-refractivity contribution in [2.24, 2.45) is 5.14 Å². The summed E-state index contributed by atoms with van der Waals surface area (Å²) in [7, 11) is -3.81. The molecule has 1 aromatic carbocycles. The fourth-order valence-corrected chi connectivity index (χ4v) is 3.23. The lowest BCUT2D eigenvalue weighted by atomic mass is 10.2. The number of nitrogens with two attached hydrogens (primary N) is 1. The van der Waals surface area contributed by atoms with Crippen LogP contribution in [0, 0.1) is 0 Å². The Hall–Kier alpha value is -1.48. The molecular formula is C10H7ClN4O2S2. The zero-order chi connectivity index (χ0) is 13.6. The first-order valence-electron chi connectivity index (χ1n) is 5.08. The number of rotatable bonds is 2. The maximum atomic E-state index is 11.3. The number of primary sulfonamides is 1. The molecular weight excluding hydrogens is 308 g/mol. The van der Waals surface area contributed by atoms with E-state index in [2.05, 4.69) is 10.1 Å². The minimum Gasteiger partial charge on any atom is -0.225 e. The monoisotopic (exact) mass is 314 g/mol. The number of imidazole rings is 1. The molecule has 0 aliphatic heterocycles. The third-order valence-electron chi connectivity index (χ3n) is 2.45. The van der Waals surface area contributed by atoms with Crippen molar-refractivity contribution in [1.29, 1.82) is 0 Å². The summed E-state index contributed by atoms with van der Waals surface area (Å²) in [4.78, 5) is 4.58. The standard InChI is InChI=1S/C10H7ClN4O2S2/c11-7-3-1-6(2-4-7)8-5-13-9-15(8)14-10(18-9)19(12,16)17/h1-5H,(H2,12,16,17). The summed E-state index contributed by atoms with van der Waals surface area (Å²) in [5.41, 5.74) is 1.51. The first kappa shape index (κ1) is 12.5. The second-order valence-corrected chi connectivity index (χ2v) is 6.89. The first-order chi connectivity index (χ1) is 8.95. The summed E-state index contributed by atoms with van der Waals surface area (Å²) < 4.78 is 23.8. The topological polar surface area (TPSA) is 90.4 Å². The van der Waals surface area contributed by atoms with Crippen molar-refractivity contribution in [2.45, 2.75) is 4.34 Å². The van der Waals surface area contributed by atoms with E-state index < -0.39 is 10.0 Å². The van der Waals surface area contributed by atoms with Crippen molar-refractivity contribution < 1.29 is 8.42 Å². The lowest BCUT2D eigenvalue weighted by molar-refractivity contribution is 0.595. The molecule has 19 heavy (non-hydrogen) atoms. The second kappa shape index (κ2) is 4.27. The van der Waals surface area contributed by atoms with Gasteiger partial charge in [-0.2, -0.15) is 0 Å². The van der Waals surface area contributed by atoms with E-state index >= 15 is 0 Å². The number of sulfonamides is 1. The molecule has 2 aromatic heterocycles. The van der Waals surface area contributed by atoms with Crippen LogP contribution in [0.4, 0.5) is 0 Å². The van der Waals surface area contributed by atoms with Crippen molar-refractivity contribution in [2.75, 3.05) is 0 Å². The maximum absolute atomic E-state index is 11.3. The van der Waals surface area contributed by atoms with Gasteiger partial charge in [0.25, 0.3) is 10.0 Å². The Morgan fingerprint density at radius 2 is 1.95 bits per heavy atom. The molecule has 3 rings (SSSR count). The van der Waals surface area contributed by atoms with Crippen molar-refractivity contribution in [3.05, 3.63) is 35.5 Å². The molecule has 2 heterocycles. The fourth-order valence-electron chi connectivity index (χ4n) is 1.61. The van der Waals surface area contributed by atoms with E-state index in [4.69, 9.17) is 16.7 Å². The van der Waals surface area contributed by atoms with E-state index in [-0.39, 0.29) is 4.34 Å². The number of halogens is 1. The molecule has 98 valence electrons. The van der Waals surface area contributed by atoms with E-state index in [1.165, 1.54) is 4.52 Å². The Morgan fingerprint density at radius 3 is 2.58 bits per heavy atom. The van der Waals surface area contributed by atoms with E-state index in [1.807, 2.05) is 12.1 Å². The zero-order valence-electron chi connectivity index (χ0n) is 9.32. The summed E-state index contributed by atoms with van der Waals surface area (Å²) >= 11 is 6.75. The molecule has 0 saturated heterocycles. The molecule has 0 radical (unpaired) electrons. The van der Waals surface area contributed by atoms with Crippen molar-refractivity contribution in [3.8, 4) is 11.3 Å². The predicted molar refractivity (Wildman–Crippen MR) is 72.7 cm³/mol.